The van der Waals surface area contributed by atoms with Gasteiger partial charge in [-0.1, -0.05) is 26.8 Å². The van der Waals surface area contributed by atoms with E-state index in [2.05, 4.69) is 36.9 Å². The fraction of sp³-hybridized carbons (Fsp3) is 0.276. The summed E-state index contributed by atoms with van der Waals surface area (Å²) in [6.07, 6.45) is 3.71. The minimum atomic E-state index is -0.0156. The van der Waals surface area contributed by atoms with Crippen LogP contribution in [0.3, 0.4) is 0 Å². The van der Waals surface area contributed by atoms with Crippen molar-refractivity contribution in [2.45, 2.75) is 53.9 Å². The van der Waals surface area contributed by atoms with Crippen LogP contribution in [0.4, 0.5) is 0 Å². The summed E-state index contributed by atoms with van der Waals surface area (Å²) in [7, 11) is 0. The minimum absolute atomic E-state index is 0.0156. The van der Waals surface area contributed by atoms with E-state index in [9.17, 15) is 0 Å². The third-order valence-electron chi connectivity index (χ3n) is 6.26. The van der Waals surface area contributed by atoms with E-state index >= 15 is 0 Å². The van der Waals surface area contributed by atoms with Gasteiger partial charge in [-0.25, -0.2) is 14.6 Å². The van der Waals surface area contributed by atoms with Gasteiger partial charge in [-0.3, -0.25) is 4.40 Å². The topological polar surface area (TPSA) is 66.5 Å². The summed E-state index contributed by atoms with van der Waals surface area (Å²) in [6.45, 7) is 14.6. The summed E-state index contributed by atoms with van der Waals surface area (Å²) in [5.74, 6) is 2.44. The molecule has 0 N–H and O–H groups in total. The minimum Gasteiger partial charge on any atom is -0.456 e. The Morgan fingerprint density at radius 3 is 2.39 bits per heavy atom. The third-order valence-corrected chi connectivity index (χ3v) is 6.26. The third kappa shape index (κ3) is 4.56. The van der Waals surface area contributed by atoms with Crippen molar-refractivity contribution in [3.8, 4) is 28.8 Å². The molecule has 0 unspecified atom stereocenters. The Kier molecular flexibility index (Phi) is 5.79. The number of hydrogen-bond donors (Lipinski definition) is 0. The second kappa shape index (κ2) is 8.82. The van der Waals surface area contributed by atoms with E-state index in [1.165, 1.54) is 0 Å². The fourth-order valence-corrected chi connectivity index (χ4v) is 4.20. The molecular formula is C29H31N5O2. The van der Waals surface area contributed by atoms with E-state index in [4.69, 9.17) is 14.5 Å². The van der Waals surface area contributed by atoms with Gasteiger partial charge in [0, 0.05) is 35.8 Å². The molecule has 4 heterocycles. The van der Waals surface area contributed by atoms with Gasteiger partial charge in [0.15, 0.2) is 11.4 Å². The predicted molar refractivity (Wildman–Crippen MR) is 141 cm³/mol. The molecule has 0 amide bonds. The highest BCUT2D eigenvalue weighted by Gasteiger charge is 2.18. The van der Waals surface area contributed by atoms with Gasteiger partial charge in [0.2, 0.25) is 5.88 Å². The van der Waals surface area contributed by atoms with Crippen LogP contribution in [0, 0.1) is 27.7 Å². The Hall–Kier alpha value is -4.13. The number of aromatic nitrogens is 5. The number of ether oxygens (including phenoxy) is 2. The van der Waals surface area contributed by atoms with Crippen LogP contribution in [-0.4, -0.2) is 24.1 Å². The molecule has 0 saturated heterocycles. The largest absolute Gasteiger partial charge is 0.456 e. The van der Waals surface area contributed by atoms with Crippen LogP contribution in [0.15, 0.2) is 60.9 Å². The number of hydrogen-bond acceptors (Lipinski definition) is 5. The average molecular weight is 482 g/mol. The monoisotopic (exact) mass is 481 g/mol. The van der Waals surface area contributed by atoms with Crippen LogP contribution in [-0.2, 0) is 5.41 Å². The van der Waals surface area contributed by atoms with Gasteiger partial charge in [0.05, 0.1) is 23.3 Å². The molecule has 0 aliphatic rings. The molecular weight excluding hydrogens is 450 g/mol. The van der Waals surface area contributed by atoms with E-state index in [1.54, 1.807) is 6.20 Å². The van der Waals surface area contributed by atoms with Gasteiger partial charge in [-0.2, -0.15) is 5.10 Å². The summed E-state index contributed by atoms with van der Waals surface area (Å²) in [5.41, 5.74) is 6.78. The molecule has 0 spiro atoms. The molecule has 36 heavy (non-hydrogen) atoms. The molecule has 0 aliphatic carbocycles. The SMILES string of the molecule is Cc1cc(C)n(-c2cccc(Oc3cc(Oc4cc(C(C)(C)C)ccn4)c4nc(C)c(C)n4c3)c2)n1. The molecule has 0 fully saturated rings. The molecule has 0 atom stereocenters. The van der Waals surface area contributed by atoms with Crippen LogP contribution in [0.2, 0.25) is 0 Å². The Labute approximate surface area is 211 Å². The van der Waals surface area contributed by atoms with E-state index in [-0.39, 0.29) is 5.41 Å². The highest BCUT2D eigenvalue weighted by Crippen LogP contribution is 2.34. The molecule has 0 radical (unpaired) electrons. The number of nitrogens with zero attached hydrogens (tertiary/aromatic N) is 5. The average Bonchev–Trinajstić information content (AvgIpc) is 3.31. The Bertz CT molecular complexity index is 1570. The number of imidazole rings is 1. The second-order valence-corrected chi connectivity index (χ2v) is 10.2. The van der Waals surface area contributed by atoms with E-state index in [1.807, 2.05) is 85.4 Å². The normalized spacial score (nSPS) is 11.8. The van der Waals surface area contributed by atoms with Crippen molar-refractivity contribution in [2.75, 3.05) is 0 Å². The predicted octanol–water partition coefficient (Wildman–Crippen LogP) is 7.03. The molecule has 1 aromatic carbocycles. The van der Waals surface area contributed by atoms with E-state index in [0.717, 1.165) is 39.7 Å². The summed E-state index contributed by atoms with van der Waals surface area (Å²) >= 11 is 0. The highest BCUT2D eigenvalue weighted by atomic mass is 16.5. The molecule has 5 rings (SSSR count). The van der Waals surface area contributed by atoms with Crippen LogP contribution < -0.4 is 9.47 Å². The number of aryl methyl sites for hydroxylation is 4. The lowest BCUT2D eigenvalue weighted by atomic mass is 9.88. The number of pyridine rings is 2. The van der Waals surface area contributed by atoms with Gasteiger partial charge in [-0.05, 0) is 62.9 Å². The van der Waals surface area contributed by atoms with Crippen molar-refractivity contribution in [1.82, 2.24) is 24.1 Å². The second-order valence-electron chi connectivity index (χ2n) is 10.2. The molecule has 0 saturated carbocycles. The first-order valence-corrected chi connectivity index (χ1v) is 12.0. The Balaban J connectivity index is 1.53. The van der Waals surface area contributed by atoms with Gasteiger partial charge in [-0.15, -0.1) is 0 Å². The first kappa shape index (κ1) is 23.6. The number of rotatable bonds is 5. The molecule has 5 aromatic rings. The van der Waals surface area contributed by atoms with Crippen LogP contribution in [0.5, 0.6) is 23.1 Å². The maximum Gasteiger partial charge on any atom is 0.219 e. The van der Waals surface area contributed by atoms with E-state index < -0.39 is 0 Å². The Morgan fingerprint density at radius 1 is 0.861 bits per heavy atom. The summed E-state index contributed by atoms with van der Waals surface area (Å²) in [5, 5.41) is 4.59. The molecule has 0 bridgehead atoms. The number of benzene rings is 1. The molecule has 0 aliphatic heterocycles. The van der Waals surface area contributed by atoms with Crippen molar-refractivity contribution < 1.29 is 9.47 Å². The van der Waals surface area contributed by atoms with Gasteiger partial charge in [0.25, 0.3) is 0 Å². The van der Waals surface area contributed by atoms with E-state index in [0.29, 0.717) is 23.1 Å². The first-order chi connectivity index (χ1) is 17.1. The van der Waals surface area contributed by atoms with Crippen molar-refractivity contribution in [1.29, 1.82) is 0 Å². The maximum atomic E-state index is 6.33. The first-order valence-electron chi connectivity index (χ1n) is 12.0. The van der Waals surface area contributed by atoms with Crippen molar-refractivity contribution >= 4 is 5.65 Å². The summed E-state index contributed by atoms with van der Waals surface area (Å²) in [6, 6.07) is 15.8. The van der Waals surface area contributed by atoms with Gasteiger partial charge in [0.1, 0.15) is 11.5 Å². The van der Waals surface area contributed by atoms with Crippen molar-refractivity contribution in [3.63, 3.8) is 0 Å². The van der Waals surface area contributed by atoms with Crippen LogP contribution in [0.1, 0.15) is 49.1 Å². The number of fused-ring (bicyclic) bond motifs is 1. The van der Waals surface area contributed by atoms with Crippen LogP contribution in [0.25, 0.3) is 11.3 Å². The van der Waals surface area contributed by atoms with Crippen LogP contribution >= 0.6 is 0 Å². The lowest BCUT2D eigenvalue weighted by Gasteiger charge is -2.19. The highest BCUT2D eigenvalue weighted by molar-refractivity contribution is 5.60. The Morgan fingerprint density at radius 2 is 1.67 bits per heavy atom. The van der Waals surface area contributed by atoms with Gasteiger partial charge >= 0.3 is 0 Å². The van der Waals surface area contributed by atoms with Crippen molar-refractivity contribution in [2.24, 2.45) is 0 Å². The van der Waals surface area contributed by atoms with Gasteiger partial charge < -0.3 is 9.47 Å². The lowest BCUT2D eigenvalue weighted by Crippen LogP contribution is -2.11. The zero-order valence-corrected chi connectivity index (χ0v) is 21.8. The molecule has 4 aromatic heterocycles. The standard InChI is InChI=1S/C29H31N5O2/c1-18-13-19(2)34(32-18)23-9-8-10-24(15-23)35-25-16-26(28-31-20(3)21(4)33(28)17-25)36-27-14-22(11-12-30-27)29(5,6)7/h8-17H,1-7H3. The van der Waals surface area contributed by atoms with Crippen molar-refractivity contribution in [3.05, 3.63) is 89.3 Å². The zero-order chi connectivity index (χ0) is 25.6. The molecule has 184 valence electrons. The fourth-order valence-electron chi connectivity index (χ4n) is 4.20. The quantitative estimate of drug-likeness (QED) is 0.270. The summed E-state index contributed by atoms with van der Waals surface area (Å²) in [4.78, 5) is 9.18. The molecule has 7 heteroatoms. The smallest absolute Gasteiger partial charge is 0.219 e. The summed E-state index contributed by atoms with van der Waals surface area (Å²) < 4.78 is 16.5. The zero-order valence-electron chi connectivity index (χ0n) is 21.8. The maximum absolute atomic E-state index is 6.33. The lowest BCUT2D eigenvalue weighted by molar-refractivity contribution is 0.445. The molecule has 7 nitrogen and oxygen atoms in total.